The molecule has 1 aliphatic rings. The zero-order chi connectivity index (χ0) is 23.5. The lowest BCUT2D eigenvalue weighted by Gasteiger charge is -2.16. The average Bonchev–Trinajstić information content (AvgIpc) is 3.55. The van der Waals surface area contributed by atoms with Gasteiger partial charge in [-0.2, -0.15) is 5.10 Å². The number of ether oxygens (including phenoxy) is 1. The van der Waals surface area contributed by atoms with E-state index in [1.54, 1.807) is 35.3 Å². The number of nitrogens with one attached hydrogen (secondary N) is 2. The largest absolute Gasteiger partial charge is 0.480 e. The summed E-state index contributed by atoms with van der Waals surface area (Å²) in [4.78, 5) is 29.5. The van der Waals surface area contributed by atoms with E-state index in [-0.39, 0.29) is 17.9 Å². The molecule has 0 spiro atoms. The highest BCUT2D eigenvalue weighted by Crippen LogP contribution is 2.28. The minimum atomic E-state index is -0.588. The second kappa shape index (κ2) is 9.19. The summed E-state index contributed by atoms with van der Waals surface area (Å²) in [5.41, 5.74) is 3.86. The summed E-state index contributed by atoms with van der Waals surface area (Å²) in [7, 11) is 0. The monoisotopic (exact) mass is 453 g/mol. The Kier molecular flexibility index (Phi) is 5.78. The van der Waals surface area contributed by atoms with E-state index < -0.39 is 6.10 Å². The van der Waals surface area contributed by atoms with Gasteiger partial charge in [0.1, 0.15) is 18.4 Å². The Hall–Kier alpha value is -4.46. The van der Waals surface area contributed by atoms with Crippen molar-refractivity contribution in [3.05, 3.63) is 102 Å². The minimum absolute atomic E-state index is 0.207. The van der Waals surface area contributed by atoms with Gasteiger partial charge < -0.3 is 15.4 Å². The number of hydrogen-bond acceptors (Lipinski definition) is 5. The number of rotatable bonds is 6. The lowest BCUT2D eigenvalue weighted by Crippen LogP contribution is -2.31. The van der Waals surface area contributed by atoms with E-state index in [2.05, 4.69) is 20.7 Å². The van der Waals surface area contributed by atoms with Crippen molar-refractivity contribution in [3.8, 4) is 11.4 Å². The van der Waals surface area contributed by atoms with Gasteiger partial charge in [0.2, 0.25) is 0 Å². The van der Waals surface area contributed by atoms with Gasteiger partial charge in [0.25, 0.3) is 11.8 Å². The molecule has 0 aliphatic carbocycles. The van der Waals surface area contributed by atoms with Crippen molar-refractivity contribution in [2.24, 2.45) is 0 Å². The first kappa shape index (κ1) is 21.4. The highest BCUT2D eigenvalue weighted by Gasteiger charge is 2.28. The molecule has 0 bridgehead atoms. The maximum Gasteiger partial charge on any atom is 0.265 e. The fraction of sp³-hybridized carbons (Fsp3) is 0.154. The third-order valence-corrected chi connectivity index (χ3v) is 5.76. The van der Waals surface area contributed by atoms with Gasteiger partial charge in [0.15, 0.2) is 6.10 Å². The molecule has 2 heterocycles. The molecule has 2 unspecified atom stereocenters. The van der Waals surface area contributed by atoms with Crippen molar-refractivity contribution in [2.45, 2.75) is 25.5 Å². The van der Waals surface area contributed by atoms with E-state index >= 15 is 0 Å². The molecule has 0 saturated carbocycles. The van der Waals surface area contributed by atoms with Gasteiger partial charge in [0, 0.05) is 17.7 Å². The second-order valence-electron chi connectivity index (χ2n) is 8.12. The van der Waals surface area contributed by atoms with Crippen LogP contribution in [0.1, 0.15) is 34.5 Å². The van der Waals surface area contributed by atoms with Crippen molar-refractivity contribution >= 4 is 17.5 Å². The predicted octanol–water partition coefficient (Wildman–Crippen LogP) is 3.70. The number of hydrogen-bond donors (Lipinski definition) is 2. The zero-order valence-corrected chi connectivity index (χ0v) is 18.5. The molecule has 1 aliphatic heterocycles. The van der Waals surface area contributed by atoms with Crippen LogP contribution in [0.5, 0.6) is 5.75 Å². The van der Waals surface area contributed by atoms with Crippen LogP contribution in [0, 0.1) is 0 Å². The molecule has 2 atom stereocenters. The first-order valence-corrected chi connectivity index (χ1v) is 11.0. The van der Waals surface area contributed by atoms with E-state index in [9.17, 15) is 9.59 Å². The minimum Gasteiger partial charge on any atom is -0.480 e. The number of carbonyl (C=O) groups is 2. The lowest BCUT2D eigenvalue weighted by atomic mass is 10.1. The number of amides is 2. The predicted molar refractivity (Wildman–Crippen MR) is 127 cm³/mol. The molecule has 2 amide bonds. The Morgan fingerprint density at radius 2 is 1.88 bits per heavy atom. The van der Waals surface area contributed by atoms with Crippen molar-refractivity contribution in [3.63, 3.8) is 0 Å². The normalized spacial score (nSPS) is 15.1. The van der Waals surface area contributed by atoms with Crippen molar-refractivity contribution < 1.29 is 14.3 Å². The average molecular weight is 454 g/mol. The van der Waals surface area contributed by atoms with Crippen LogP contribution in [-0.4, -0.2) is 32.7 Å². The number of aromatic nitrogens is 3. The van der Waals surface area contributed by atoms with Crippen LogP contribution in [0.25, 0.3) is 5.69 Å². The highest BCUT2D eigenvalue weighted by molar-refractivity contribution is 5.98. The van der Waals surface area contributed by atoms with Gasteiger partial charge in [-0.05, 0) is 54.4 Å². The Labute approximate surface area is 196 Å². The number of benzene rings is 3. The maximum atomic E-state index is 12.9. The SMILES string of the molecule is CC(NC(=O)c1cccc(NC(=O)C2Cc3ccccc3O2)c1)c1ccc(-n2cncn2)cc1. The van der Waals surface area contributed by atoms with Gasteiger partial charge in [-0.15, -0.1) is 0 Å². The molecule has 0 fully saturated rings. The summed E-state index contributed by atoms with van der Waals surface area (Å²) in [6.45, 7) is 1.92. The topological polar surface area (TPSA) is 98.1 Å². The van der Waals surface area contributed by atoms with Crippen LogP contribution in [0.2, 0.25) is 0 Å². The van der Waals surface area contributed by atoms with E-state index in [0.717, 1.165) is 22.6 Å². The fourth-order valence-electron chi connectivity index (χ4n) is 3.91. The summed E-state index contributed by atoms with van der Waals surface area (Å²) >= 11 is 0. The lowest BCUT2D eigenvalue weighted by molar-refractivity contribution is -0.122. The van der Waals surface area contributed by atoms with Gasteiger partial charge in [-0.3, -0.25) is 9.59 Å². The Morgan fingerprint density at radius 3 is 2.65 bits per heavy atom. The number of carbonyl (C=O) groups excluding carboxylic acids is 2. The van der Waals surface area contributed by atoms with Crippen LogP contribution in [0.4, 0.5) is 5.69 Å². The fourth-order valence-corrected chi connectivity index (χ4v) is 3.91. The molecule has 8 heteroatoms. The second-order valence-corrected chi connectivity index (χ2v) is 8.12. The smallest absolute Gasteiger partial charge is 0.265 e. The molecule has 170 valence electrons. The Morgan fingerprint density at radius 1 is 1.06 bits per heavy atom. The van der Waals surface area contributed by atoms with E-state index in [4.69, 9.17) is 4.74 Å². The maximum absolute atomic E-state index is 12.9. The van der Waals surface area contributed by atoms with Crippen LogP contribution >= 0.6 is 0 Å². The van der Waals surface area contributed by atoms with E-state index in [1.165, 1.54) is 6.33 Å². The molecule has 4 aromatic rings. The first-order valence-electron chi connectivity index (χ1n) is 11.0. The highest BCUT2D eigenvalue weighted by atomic mass is 16.5. The van der Waals surface area contributed by atoms with Gasteiger partial charge in [0.05, 0.1) is 11.7 Å². The molecule has 0 saturated heterocycles. The summed E-state index contributed by atoms with van der Waals surface area (Å²) in [6.07, 6.45) is 3.04. The number of fused-ring (bicyclic) bond motifs is 1. The standard InChI is InChI=1S/C26H23N5O3/c1-17(18-9-11-22(12-10-18)31-16-27-15-28-31)29-25(32)20-6-4-7-21(13-20)30-26(33)24-14-19-5-2-3-8-23(19)34-24/h2-13,15-17,24H,14H2,1H3,(H,29,32)(H,30,33). The molecular weight excluding hydrogens is 430 g/mol. The number of para-hydroxylation sites is 1. The summed E-state index contributed by atoms with van der Waals surface area (Å²) < 4.78 is 7.42. The third-order valence-electron chi connectivity index (χ3n) is 5.76. The van der Waals surface area contributed by atoms with E-state index in [1.807, 2.05) is 55.5 Å². The molecule has 5 rings (SSSR count). The zero-order valence-electron chi connectivity index (χ0n) is 18.5. The molecular formula is C26H23N5O3. The van der Waals surface area contributed by atoms with E-state index in [0.29, 0.717) is 17.7 Å². The van der Waals surface area contributed by atoms with Gasteiger partial charge >= 0.3 is 0 Å². The van der Waals surface area contributed by atoms with Crippen LogP contribution in [0.15, 0.2) is 85.5 Å². The van der Waals surface area contributed by atoms with Crippen LogP contribution in [0.3, 0.4) is 0 Å². The molecule has 8 nitrogen and oxygen atoms in total. The van der Waals surface area contributed by atoms with Crippen molar-refractivity contribution in [1.82, 2.24) is 20.1 Å². The quantitative estimate of drug-likeness (QED) is 0.464. The third kappa shape index (κ3) is 4.52. The summed E-state index contributed by atoms with van der Waals surface area (Å²) in [5, 5.41) is 9.98. The number of anilines is 1. The molecule has 1 aromatic heterocycles. The van der Waals surface area contributed by atoms with Crippen molar-refractivity contribution in [2.75, 3.05) is 5.32 Å². The molecule has 2 N–H and O–H groups in total. The van der Waals surface area contributed by atoms with Crippen LogP contribution < -0.4 is 15.4 Å². The Bertz CT molecular complexity index is 1290. The Balaban J connectivity index is 1.21. The van der Waals surface area contributed by atoms with Gasteiger partial charge in [-0.25, -0.2) is 9.67 Å². The van der Waals surface area contributed by atoms with Gasteiger partial charge in [-0.1, -0.05) is 36.4 Å². The molecule has 3 aromatic carbocycles. The summed E-state index contributed by atoms with van der Waals surface area (Å²) in [5.74, 6) is 0.266. The molecule has 0 radical (unpaired) electrons. The summed E-state index contributed by atoms with van der Waals surface area (Å²) in [6, 6.07) is 22.0. The number of nitrogens with zero attached hydrogens (tertiary/aromatic N) is 3. The molecule has 34 heavy (non-hydrogen) atoms. The first-order chi connectivity index (χ1) is 16.6. The van der Waals surface area contributed by atoms with Crippen LogP contribution in [-0.2, 0) is 11.2 Å². The van der Waals surface area contributed by atoms with Crippen molar-refractivity contribution in [1.29, 1.82) is 0 Å².